The van der Waals surface area contributed by atoms with E-state index in [1.165, 1.54) is 6.07 Å². The summed E-state index contributed by atoms with van der Waals surface area (Å²) in [5.41, 5.74) is 7.12. The summed E-state index contributed by atoms with van der Waals surface area (Å²) in [4.78, 5) is 45.6. The Kier molecular flexibility index (Phi) is 11.1. The Morgan fingerprint density at radius 3 is 2.35 bits per heavy atom. The van der Waals surface area contributed by atoms with E-state index in [1.54, 1.807) is 12.1 Å². The van der Waals surface area contributed by atoms with Crippen molar-refractivity contribution in [2.24, 2.45) is 0 Å². The third-order valence-corrected chi connectivity index (χ3v) is 8.01. The fourth-order valence-electron chi connectivity index (χ4n) is 5.54. The molecule has 3 aromatic carbocycles. The van der Waals surface area contributed by atoms with Gasteiger partial charge < -0.3 is 14.3 Å². The molecule has 0 unspecified atom stereocenters. The van der Waals surface area contributed by atoms with Crippen LogP contribution in [0, 0.1) is 23.7 Å². The minimum absolute atomic E-state index is 0.00359. The number of nitrogens with zero attached hydrogens (tertiary/aromatic N) is 1. The fraction of sp³-hybridized carbons (Fsp3) is 0.324. The minimum atomic E-state index is -0.753. The quantitative estimate of drug-likeness (QED) is 0.253. The number of benzene rings is 3. The maximum absolute atomic E-state index is 13.3. The molecule has 236 valence electrons. The van der Waals surface area contributed by atoms with Crippen LogP contribution in [-0.2, 0) is 19.1 Å². The van der Waals surface area contributed by atoms with Crippen molar-refractivity contribution < 1.29 is 28.7 Å². The number of morpholine rings is 1. The second kappa shape index (κ2) is 15.8. The lowest BCUT2D eigenvalue weighted by Crippen LogP contribution is -2.41. The summed E-state index contributed by atoms with van der Waals surface area (Å²) in [7, 11) is 0. The number of hydrogen-bond donors (Lipinski definition) is 2. The van der Waals surface area contributed by atoms with Crippen molar-refractivity contribution in [1.82, 2.24) is 10.4 Å². The summed E-state index contributed by atoms with van der Waals surface area (Å²) in [6.45, 7) is 7.01. The van der Waals surface area contributed by atoms with Gasteiger partial charge in [-0.1, -0.05) is 79.8 Å². The molecule has 9 nitrogen and oxygen atoms in total. The van der Waals surface area contributed by atoms with E-state index in [1.807, 2.05) is 50.2 Å². The Hall–Kier alpha value is -5.09. The van der Waals surface area contributed by atoms with Gasteiger partial charge in [0.25, 0.3) is 5.91 Å². The topological polar surface area (TPSA) is 106 Å². The van der Waals surface area contributed by atoms with Gasteiger partial charge in [0.15, 0.2) is 0 Å². The standard InChI is InChI=1S/C37H37N3O6/c1-3-4-20-34(41)46-39-36(42)32-19-11-14-27(13-6-5-12-26(2)40-21-23-44-24-22-40)35(32)38-37(43)45-25-33-30-17-9-7-15-28(30)29-16-8-10-18-31(29)33/h7-11,14-19,26,33H,3-4,20-25H2,1-2H3,(H,38,43)(H,39,42)/t26-/m0/s1. The number of carbonyl (C=O) groups excluding carboxylic acids is 3. The van der Waals surface area contributed by atoms with E-state index in [-0.39, 0.29) is 36.2 Å². The van der Waals surface area contributed by atoms with Gasteiger partial charge in [0, 0.05) is 25.4 Å². The first-order chi connectivity index (χ1) is 22.5. The van der Waals surface area contributed by atoms with Gasteiger partial charge in [0.2, 0.25) is 0 Å². The highest BCUT2D eigenvalue weighted by Gasteiger charge is 2.29. The van der Waals surface area contributed by atoms with Crippen molar-refractivity contribution in [3.63, 3.8) is 0 Å². The number of rotatable bonds is 8. The third-order valence-electron chi connectivity index (χ3n) is 8.01. The minimum Gasteiger partial charge on any atom is -0.448 e. The molecule has 3 aromatic rings. The van der Waals surface area contributed by atoms with Gasteiger partial charge in [-0.15, -0.1) is 0 Å². The summed E-state index contributed by atoms with van der Waals surface area (Å²) in [5.74, 6) is 10.4. The van der Waals surface area contributed by atoms with Gasteiger partial charge in [-0.05, 0) is 59.6 Å². The molecule has 1 fully saturated rings. The third kappa shape index (κ3) is 7.94. The van der Waals surface area contributed by atoms with Crippen LogP contribution in [0.5, 0.6) is 0 Å². The molecule has 2 aliphatic rings. The molecule has 0 saturated carbocycles. The number of unbranched alkanes of at least 4 members (excludes halogenated alkanes) is 1. The first-order valence-corrected chi connectivity index (χ1v) is 15.5. The van der Waals surface area contributed by atoms with Crippen LogP contribution >= 0.6 is 0 Å². The summed E-state index contributed by atoms with van der Waals surface area (Å²) in [6.07, 6.45) is 0.873. The van der Waals surface area contributed by atoms with E-state index in [2.05, 4.69) is 51.5 Å². The van der Waals surface area contributed by atoms with Crippen molar-refractivity contribution in [1.29, 1.82) is 0 Å². The molecule has 0 radical (unpaired) electrons. The van der Waals surface area contributed by atoms with Crippen LogP contribution < -0.4 is 10.8 Å². The highest BCUT2D eigenvalue weighted by Crippen LogP contribution is 2.44. The predicted molar refractivity (Wildman–Crippen MR) is 175 cm³/mol. The molecule has 1 atom stereocenters. The van der Waals surface area contributed by atoms with E-state index < -0.39 is 18.0 Å². The number of ether oxygens (including phenoxy) is 2. The number of carbonyl (C=O) groups is 3. The number of para-hydroxylation sites is 1. The van der Waals surface area contributed by atoms with Crippen molar-refractivity contribution in [3.8, 4) is 34.8 Å². The molecular formula is C37H37N3O6. The van der Waals surface area contributed by atoms with Crippen LogP contribution in [0.25, 0.3) is 11.1 Å². The first kappa shape index (κ1) is 32.3. The molecule has 5 rings (SSSR count). The Morgan fingerprint density at radius 1 is 0.957 bits per heavy atom. The van der Waals surface area contributed by atoms with Gasteiger partial charge in [-0.25, -0.2) is 9.59 Å². The maximum Gasteiger partial charge on any atom is 0.411 e. The Balaban J connectivity index is 1.34. The Labute approximate surface area is 269 Å². The second-order valence-electron chi connectivity index (χ2n) is 11.0. The average Bonchev–Trinajstić information content (AvgIpc) is 3.41. The smallest absolute Gasteiger partial charge is 0.411 e. The van der Waals surface area contributed by atoms with Crippen LogP contribution in [0.1, 0.15) is 66.1 Å². The van der Waals surface area contributed by atoms with Gasteiger partial charge in [0.05, 0.1) is 36.1 Å². The lowest BCUT2D eigenvalue weighted by molar-refractivity contribution is -0.149. The van der Waals surface area contributed by atoms with Gasteiger partial charge in [-0.2, -0.15) is 5.48 Å². The van der Waals surface area contributed by atoms with Gasteiger partial charge in [0.1, 0.15) is 6.61 Å². The van der Waals surface area contributed by atoms with E-state index in [0.717, 1.165) is 41.8 Å². The molecule has 2 N–H and O–H groups in total. The van der Waals surface area contributed by atoms with E-state index in [9.17, 15) is 14.4 Å². The molecular weight excluding hydrogens is 582 g/mol. The zero-order valence-electron chi connectivity index (χ0n) is 26.1. The summed E-state index contributed by atoms with van der Waals surface area (Å²) in [6, 6.07) is 20.9. The van der Waals surface area contributed by atoms with Crippen LogP contribution in [-0.4, -0.2) is 61.8 Å². The molecule has 0 aromatic heterocycles. The summed E-state index contributed by atoms with van der Waals surface area (Å²) >= 11 is 0. The molecule has 0 bridgehead atoms. The summed E-state index contributed by atoms with van der Waals surface area (Å²) < 4.78 is 11.2. The molecule has 1 aliphatic heterocycles. The number of hydrogen-bond acceptors (Lipinski definition) is 7. The van der Waals surface area contributed by atoms with Crippen LogP contribution in [0.2, 0.25) is 0 Å². The van der Waals surface area contributed by atoms with Crippen molar-refractivity contribution in [3.05, 3.63) is 89.0 Å². The van der Waals surface area contributed by atoms with Crippen molar-refractivity contribution in [2.75, 3.05) is 38.2 Å². The largest absolute Gasteiger partial charge is 0.448 e. The Morgan fingerprint density at radius 2 is 1.65 bits per heavy atom. The number of anilines is 1. The molecule has 9 heteroatoms. The number of nitrogens with one attached hydrogen (secondary N) is 2. The second-order valence-corrected chi connectivity index (χ2v) is 11.0. The average molecular weight is 620 g/mol. The predicted octanol–water partition coefficient (Wildman–Crippen LogP) is 5.50. The van der Waals surface area contributed by atoms with Crippen molar-refractivity contribution in [2.45, 2.75) is 45.1 Å². The van der Waals surface area contributed by atoms with Gasteiger partial charge >= 0.3 is 12.1 Å². The molecule has 1 heterocycles. The van der Waals surface area contributed by atoms with E-state index in [4.69, 9.17) is 14.3 Å². The monoisotopic (exact) mass is 619 g/mol. The number of hydroxylamine groups is 1. The maximum atomic E-state index is 13.3. The normalized spacial score (nSPS) is 14.3. The zero-order valence-corrected chi connectivity index (χ0v) is 26.1. The highest BCUT2D eigenvalue weighted by molar-refractivity contribution is 6.04. The highest BCUT2D eigenvalue weighted by atomic mass is 16.7. The summed E-state index contributed by atoms with van der Waals surface area (Å²) in [5, 5.41) is 2.72. The lowest BCUT2D eigenvalue weighted by Gasteiger charge is -2.29. The van der Waals surface area contributed by atoms with Gasteiger partial charge in [-0.3, -0.25) is 15.0 Å². The van der Waals surface area contributed by atoms with Crippen molar-refractivity contribution >= 4 is 23.7 Å². The Bertz CT molecular complexity index is 1660. The first-order valence-electron chi connectivity index (χ1n) is 15.5. The van der Waals surface area contributed by atoms with Crippen LogP contribution in [0.15, 0.2) is 66.7 Å². The zero-order chi connectivity index (χ0) is 32.3. The van der Waals surface area contributed by atoms with E-state index in [0.29, 0.717) is 25.2 Å². The molecule has 1 aliphatic carbocycles. The van der Waals surface area contributed by atoms with E-state index >= 15 is 0 Å². The molecule has 1 saturated heterocycles. The van der Waals surface area contributed by atoms with Crippen LogP contribution in [0.3, 0.4) is 0 Å². The molecule has 46 heavy (non-hydrogen) atoms. The lowest BCUT2D eigenvalue weighted by atomic mass is 9.98. The molecule has 2 amide bonds. The fourth-order valence-corrected chi connectivity index (χ4v) is 5.54. The van der Waals surface area contributed by atoms with Crippen LogP contribution in [0.4, 0.5) is 10.5 Å². The number of fused-ring (bicyclic) bond motifs is 3. The molecule has 0 spiro atoms. The SMILES string of the molecule is CCCCC(=O)ONC(=O)c1cccc(C#CC#C[C@H](C)N2CCOCC2)c1NC(=O)OCC1c2ccccc2-c2ccccc21. The number of amides is 2.